The third kappa shape index (κ3) is 1.64. The van der Waals surface area contributed by atoms with Gasteiger partial charge in [0.1, 0.15) is 5.69 Å². The molecule has 5 heteroatoms. The van der Waals surface area contributed by atoms with Gasteiger partial charge in [-0.25, -0.2) is 4.90 Å². The summed E-state index contributed by atoms with van der Waals surface area (Å²) in [5.41, 5.74) is 2.02. The number of carbonyl (C=O) groups is 2. The van der Waals surface area contributed by atoms with Crippen molar-refractivity contribution in [2.45, 2.75) is 6.92 Å². The average molecular weight is 266 g/mol. The van der Waals surface area contributed by atoms with Gasteiger partial charge in [-0.3, -0.25) is 9.59 Å². The highest BCUT2D eigenvalue weighted by molar-refractivity contribution is 6.34. The number of anilines is 1. The standard InChI is InChI=1S/C15H10N2O3/c1-9-6-7-10(8-13(9)16-20)17-14(18)11-4-2-3-5-12(11)15(17)19/h2-8H,1H3. The van der Waals surface area contributed by atoms with Crippen LogP contribution in [0.15, 0.2) is 47.6 Å². The quantitative estimate of drug-likeness (QED) is 0.619. The van der Waals surface area contributed by atoms with Crippen molar-refractivity contribution in [3.63, 3.8) is 0 Å². The van der Waals surface area contributed by atoms with Gasteiger partial charge in [0.25, 0.3) is 11.8 Å². The molecule has 2 aromatic carbocycles. The molecule has 0 aliphatic carbocycles. The summed E-state index contributed by atoms with van der Waals surface area (Å²) in [5.74, 6) is -0.766. The summed E-state index contributed by atoms with van der Waals surface area (Å²) in [6.45, 7) is 1.74. The maximum Gasteiger partial charge on any atom is 0.266 e. The highest BCUT2D eigenvalue weighted by atomic mass is 16.3. The zero-order valence-corrected chi connectivity index (χ0v) is 10.7. The van der Waals surface area contributed by atoms with E-state index in [-0.39, 0.29) is 17.5 Å². The first-order valence-corrected chi connectivity index (χ1v) is 6.05. The number of aryl methyl sites for hydroxylation is 1. The number of hydrogen-bond acceptors (Lipinski definition) is 4. The van der Waals surface area contributed by atoms with Gasteiger partial charge in [0.05, 0.1) is 16.8 Å². The second kappa shape index (κ2) is 4.38. The van der Waals surface area contributed by atoms with Crippen LogP contribution in [0.1, 0.15) is 26.3 Å². The van der Waals surface area contributed by atoms with Crippen LogP contribution in [0.3, 0.4) is 0 Å². The summed E-state index contributed by atoms with van der Waals surface area (Å²) in [7, 11) is 0. The second-order valence-electron chi connectivity index (χ2n) is 4.55. The van der Waals surface area contributed by atoms with Crippen molar-refractivity contribution in [1.82, 2.24) is 0 Å². The molecule has 0 aromatic heterocycles. The van der Waals surface area contributed by atoms with Gasteiger partial charge in [-0.2, -0.15) is 0 Å². The molecule has 1 aliphatic rings. The number of nitrogens with zero attached hydrogens (tertiary/aromatic N) is 2. The molecule has 0 saturated carbocycles. The molecule has 98 valence electrons. The van der Waals surface area contributed by atoms with Gasteiger partial charge < -0.3 is 0 Å². The summed E-state index contributed by atoms with van der Waals surface area (Å²) < 4.78 is 0. The number of benzene rings is 2. The van der Waals surface area contributed by atoms with E-state index >= 15 is 0 Å². The minimum atomic E-state index is -0.383. The lowest BCUT2D eigenvalue weighted by molar-refractivity contribution is 0.0926. The first kappa shape index (κ1) is 12.2. The smallest absolute Gasteiger partial charge is 0.266 e. The summed E-state index contributed by atoms with van der Waals surface area (Å²) in [4.78, 5) is 36.4. The zero-order valence-electron chi connectivity index (χ0n) is 10.7. The minimum absolute atomic E-state index is 0.221. The summed E-state index contributed by atoms with van der Waals surface area (Å²) >= 11 is 0. The van der Waals surface area contributed by atoms with E-state index in [0.717, 1.165) is 4.90 Å². The van der Waals surface area contributed by atoms with Gasteiger partial charge >= 0.3 is 0 Å². The molecular formula is C15H10N2O3. The maximum atomic E-state index is 12.3. The third-order valence-electron chi connectivity index (χ3n) is 3.34. The fourth-order valence-corrected chi connectivity index (χ4v) is 2.26. The Kier molecular flexibility index (Phi) is 2.68. The van der Waals surface area contributed by atoms with Crippen molar-refractivity contribution in [3.05, 3.63) is 64.1 Å². The molecule has 0 saturated heterocycles. The van der Waals surface area contributed by atoms with E-state index < -0.39 is 0 Å². The normalized spacial score (nSPS) is 13.6. The number of carbonyl (C=O) groups excluding carboxylic acids is 2. The summed E-state index contributed by atoms with van der Waals surface area (Å²) in [5, 5.41) is 2.90. The SMILES string of the molecule is Cc1ccc(N2C(=O)c3ccccc3C2=O)cc1N=O. The molecule has 0 bridgehead atoms. The lowest BCUT2D eigenvalue weighted by Crippen LogP contribution is -2.29. The van der Waals surface area contributed by atoms with Gasteiger partial charge in [-0.15, -0.1) is 4.91 Å². The van der Waals surface area contributed by atoms with Crippen molar-refractivity contribution < 1.29 is 9.59 Å². The fraction of sp³-hybridized carbons (Fsp3) is 0.0667. The Bertz CT molecular complexity index is 718. The molecule has 1 aliphatic heterocycles. The Morgan fingerprint density at radius 1 is 0.950 bits per heavy atom. The van der Waals surface area contributed by atoms with E-state index in [0.29, 0.717) is 22.4 Å². The molecule has 0 atom stereocenters. The number of hydrogen-bond donors (Lipinski definition) is 0. The van der Waals surface area contributed by atoms with E-state index in [4.69, 9.17) is 0 Å². The van der Waals surface area contributed by atoms with Crippen molar-refractivity contribution in [3.8, 4) is 0 Å². The van der Waals surface area contributed by atoms with Gasteiger partial charge in [-0.05, 0) is 41.9 Å². The van der Waals surface area contributed by atoms with Crippen LogP contribution in [0.4, 0.5) is 11.4 Å². The number of amides is 2. The first-order valence-electron chi connectivity index (χ1n) is 6.05. The Morgan fingerprint density at radius 2 is 1.55 bits per heavy atom. The van der Waals surface area contributed by atoms with Crippen LogP contribution in [0, 0.1) is 11.8 Å². The van der Waals surface area contributed by atoms with Crippen molar-refractivity contribution in [2.75, 3.05) is 4.90 Å². The molecule has 0 N–H and O–H groups in total. The van der Waals surface area contributed by atoms with Gasteiger partial charge in [-0.1, -0.05) is 18.2 Å². The Labute approximate surface area is 114 Å². The molecule has 2 amide bonds. The maximum absolute atomic E-state index is 12.3. The first-order chi connectivity index (χ1) is 9.63. The van der Waals surface area contributed by atoms with Crippen molar-refractivity contribution in [1.29, 1.82) is 0 Å². The zero-order chi connectivity index (χ0) is 14.3. The van der Waals surface area contributed by atoms with Crippen molar-refractivity contribution >= 4 is 23.2 Å². The Hall–Kier alpha value is -2.82. The Morgan fingerprint density at radius 3 is 2.10 bits per heavy atom. The minimum Gasteiger partial charge on any atom is -0.268 e. The number of rotatable bonds is 2. The Balaban J connectivity index is 2.11. The van der Waals surface area contributed by atoms with Crippen LogP contribution >= 0.6 is 0 Å². The third-order valence-corrected chi connectivity index (χ3v) is 3.34. The number of nitroso groups, excluding NO2 is 1. The van der Waals surface area contributed by atoms with E-state index in [1.807, 2.05) is 0 Å². The highest BCUT2D eigenvalue weighted by Crippen LogP contribution is 2.31. The van der Waals surface area contributed by atoms with Gasteiger partial charge in [0.2, 0.25) is 0 Å². The molecule has 5 nitrogen and oxygen atoms in total. The molecule has 0 unspecified atom stereocenters. The average Bonchev–Trinajstić information content (AvgIpc) is 2.72. The van der Waals surface area contributed by atoms with Crippen molar-refractivity contribution in [2.24, 2.45) is 5.18 Å². The van der Waals surface area contributed by atoms with Crippen LogP contribution in [0.25, 0.3) is 0 Å². The number of imide groups is 1. The monoisotopic (exact) mass is 266 g/mol. The number of fused-ring (bicyclic) bond motifs is 1. The van der Waals surface area contributed by atoms with Crippen LogP contribution in [-0.4, -0.2) is 11.8 Å². The highest BCUT2D eigenvalue weighted by Gasteiger charge is 2.36. The van der Waals surface area contributed by atoms with Crippen LogP contribution in [-0.2, 0) is 0 Å². The van der Waals surface area contributed by atoms with Crippen LogP contribution in [0.5, 0.6) is 0 Å². The van der Waals surface area contributed by atoms with Gasteiger partial charge in [0, 0.05) is 0 Å². The topological polar surface area (TPSA) is 66.8 Å². The molecule has 3 rings (SSSR count). The van der Waals surface area contributed by atoms with E-state index in [2.05, 4.69) is 5.18 Å². The van der Waals surface area contributed by atoms with Crippen LogP contribution < -0.4 is 4.90 Å². The fourth-order valence-electron chi connectivity index (χ4n) is 2.26. The molecule has 2 aromatic rings. The van der Waals surface area contributed by atoms with E-state index in [1.54, 1.807) is 43.3 Å². The predicted molar refractivity (Wildman–Crippen MR) is 74.2 cm³/mol. The van der Waals surface area contributed by atoms with E-state index in [1.165, 1.54) is 6.07 Å². The lowest BCUT2D eigenvalue weighted by atomic mass is 10.1. The lowest BCUT2D eigenvalue weighted by Gasteiger charge is -2.14. The molecule has 1 heterocycles. The molecule has 0 fully saturated rings. The molecule has 0 spiro atoms. The summed E-state index contributed by atoms with van der Waals surface area (Å²) in [6, 6.07) is 11.4. The van der Waals surface area contributed by atoms with Crippen LogP contribution in [0.2, 0.25) is 0 Å². The molecule has 0 radical (unpaired) electrons. The summed E-state index contributed by atoms with van der Waals surface area (Å²) in [6.07, 6.45) is 0. The predicted octanol–water partition coefficient (Wildman–Crippen LogP) is 3.19. The molecular weight excluding hydrogens is 256 g/mol. The van der Waals surface area contributed by atoms with Gasteiger partial charge in [0.15, 0.2) is 0 Å². The largest absolute Gasteiger partial charge is 0.268 e. The van der Waals surface area contributed by atoms with E-state index in [9.17, 15) is 14.5 Å². The molecule has 20 heavy (non-hydrogen) atoms. The second-order valence-corrected chi connectivity index (χ2v) is 4.55.